The SMILES string of the molecule is Cc1cc(B2OC(C)(C)C(C)(C)O2)cc(C(=O)NCC(F)(F)F)c1. The van der Waals surface area contributed by atoms with Gasteiger partial charge in [-0.25, -0.2) is 0 Å². The second kappa shape index (κ2) is 6.08. The van der Waals surface area contributed by atoms with E-state index >= 15 is 0 Å². The molecule has 1 N–H and O–H groups in total. The van der Waals surface area contributed by atoms with E-state index in [1.165, 1.54) is 12.1 Å². The van der Waals surface area contributed by atoms with Crippen LogP contribution in [0.15, 0.2) is 18.2 Å². The lowest BCUT2D eigenvalue weighted by Gasteiger charge is -2.32. The Morgan fingerprint density at radius 3 is 2.17 bits per heavy atom. The molecule has 1 saturated heterocycles. The van der Waals surface area contributed by atoms with Crippen LogP contribution in [0, 0.1) is 6.92 Å². The Labute approximate surface area is 139 Å². The van der Waals surface area contributed by atoms with Crippen molar-refractivity contribution in [3.63, 3.8) is 0 Å². The van der Waals surface area contributed by atoms with Crippen LogP contribution in [0.4, 0.5) is 13.2 Å². The Hall–Kier alpha value is -1.54. The van der Waals surface area contributed by atoms with Crippen molar-refractivity contribution in [3.8, 4) is 0 Å². The van der Waals surface area contributed by atoms with Gasteiger partial charge in [0.1, 0.15) is 6.54 Å². The van der Waals surface area contributed by atoms with Crippen LogP contribution >= 0.6 is 0 Å². The minimum atomic E-state index is -4.45. The third kappa shape index (κ3) is 4.10. The van der Waals surface area contributed by atoms with E-state index in [1.54, 1.807) is 13.0 Å². The van der Waals surface area contributed by atoms with Crippen molar-refractivity contribution < 1.29 is 27.3 Å². The Morgan fingerprint density at radius 2 is 1.67 bits per heavy atom. The summed E-state index contributed by atoms with van der Waals surface area (Å²) in [7, 11) is -0.677. The molecule has 0 saturated carbocycles. The predicted molar refractivity (Wildman–Crippen MR) is 85.3 cm³/mol. The topological polar surface area (TPSA) is 47.6 Å². The second-order valence-corrected chi connectivity index (χ2v) is 7.02. The number of hydrogen-bond donors (Lipinski definition) is 1. The van der Waals surface area contributed by atoms with Crippen molar-refractivity contribution in [3.05, 3.63) is 29.3 Å². The molecule has 1 aromatic rings. The van der Waals surface area contributed by atoms with Gasteiger partial charge in [0.05, 0.1) is 11.2 Å². The number of rotatable bonds is 3. The highest BCUT2D eigenvalue weighted by Gasteiger charge is 2.51. The molecule has 0 bridgehead atoms. The molecule has 4 nitrogen and oxygen atoms in total. The second-order valence-electron chi connectivity index (χ2n) is 7.02. The van der Waals surface area contributed by atoms with Gasteiger partial charge in [-0.05, 0) is 52.2 Å². The fourth-order valence-electron chi connectivity index (χ4n) is 2.34. The van der Waals surface area contributed by atoms with Crippen molar-refractivity contribution in [2.75, 3.05) is 6.54 Å². The molecule has 1 amide bonds. The Bertz CT molecular complexity index is 628. The first kappa shape index (κ1) is 18.8. The number of benzene rings is 1. The van der Waals surface area contributed by atoms with E-state index in [-0.39, 0.29) is 5.56 Å². The normalized spacial score (nSPS) is 19.4. The largest absolute Gasteiger partial charge is 0.494 e. The molecular weight excluding hydrogens is 322 g/mol. The molecule has 1 aliphatic rings. The summed E-state index contributed by atoms with van der Waals surface area (Å²) >= 11 is 0. The molecule has 1 heterocycles. The number of amides is 1. The van der Waals surface area contributed by atoms with E-state index in [9.17, 15) is 18.0 Å². The molecule has 24 heavy (non-hydrogen) atoms. The fourth-order valence-corrected chi connectivity index (χ4v) is 2.34. The molecule has 1 aliphatic heterocycles. The zero-order valence-corrected chi connectivity index (χ0v) is 14.4. The Morgan fingerprint density at radius 1 is 1.12 bits per heavy atom. The van der Waals surface area contributed by atoms with Gasteiger partial charge in [0, 0.05) is 5.56 Å². The highest BCUT2D eigenvalue weighted by molar-refractivity contribution is 6.62. The standard InChI is InChI=1S/C16H21BF3NO3/c1-10-6-11(13(22)21-9-16(18,19)20)8-12(7-10)17-23-14(2,3)15(4,5)24-17/h6-8H,9H2,1-5H3,(H,21,22). The van der Waals surface area contributed by atoms with Crippen molar-refractivity contribution in [1.29, 1.82) is 0 Å². The lowest BCUT2D eigenvalue weighted by molar-refractivity contribution is -0.123. The van der Waals surface area contributed by atoms with Crippen molar-refractivity contribution in [2.45, 2.75) is 52.0 Å². The third-order valence-electron chi connectivity index (χ3n) is 4.34. The molecule has 0 aromatic heterocycles. The molecule has 0 spiro atoms. The fraction of sp³-hybridized carbons (Fsp3) is 0.562. The van der Waals surface area contributed by atoms with E-state index in [0.717, 1.165) is 5.56 Å². The molecule has 132 valence electrons. The zero-order chi connectivity index (χ0) is 18.3. The number of carbonyl (C=O) groups excluding carboxylic acids is 1. The van der Waals surface area contributed by atoms with Crippen molar-refractivity contribution in [2.24, 2.45) is 0 Å². The van der Waals surface area contributed by atoms with Crippen LogP contribution in [0.5, 0.6) is 0 Å². The summed E-state index contributed by atoms with van der Waals surface area (Å²) in [4.78, 5) is 12.0. The summed E-state index contributed by atoms with van der Waals surface area (Å²) < 4.78 is 48.6. The minimum absolute atomic E-state index is 0.143. The quantitative estimate of drug-likeness (QED) is 0.859. The highest BCUT2D eigenvalue weighted by Crippen LogP contribution is 2.36. The summed E-state index contributed by atoms with van der Waals surface area (Å²) in [6, 6.07) is 4.82. The molecule has 8 heteroatoms. The van der Waals surface area contributed by atoms with Crippen molar-refractivity contribution >= 4 is 18.5 Å². The van der Waals surface area contributed by atoms with Crippen LogP contribution < -0.4 is 10.8 Å². The third-order valence-corrected chi connectivity index (χ3v) is 4.34. The lowest BCUT2D eigenvalue weighted by Crippen LogP contribution is -2.41. The van der Waals surface area contributed by atoms with Crippen LogP contribution in [0.25, 0.3) is 0 Å². The number of aryl methyl sites for hydroxylation is 1. The smallest absolute Gasteiger partial charge is 0.399 e. The van der Waals surface area contributed by atoms with Crippen LogP contribution in [0.3, 0.4) is 0 Å². The summed E-state index contributed by atoms with van der Waals surface area (Å²) in [5.74, 6) is -0.784. The average molecular weight is 343 g/mol. The van der Waals surface area contributed by atoms with E-state index in [1.807, 2.05) is 33.0 Å². The maximum Gasteiger partial charge on any atom is 0.494 e. The first-order valence-corrected chi connectivity index (χ1v) is 7.63. The molecule has 1 fully saturated rings. The first-order chi connectivity index (χ1) is 10.8. The number of carbonyl (C=O) groups is 1. The van der Waals surface area contributed by atoms with E-state index in [4.69, 9.17) is 9.31 Å². The highest BCUT2D eigenvalue weighted by atomic mass is 19.4. The number of nitrogens with one attached hydrogen (secondary N) is 1. The first-order valence-electron chi connectivity index (χ1n) is 7.63. The maximum absolute atomic E-state index is 12.3. The maximum atomic E-state index is 12.3. The Balaban J connectivity index is 2.22. The molecule has 1 aromatic carbocycles. The van der Waals surface area contributed by atoms with Crippen LogP contribution in [0.2, 0.25) is 0 Å². The summed E-state index contributed by atoms with van der Waals surface area (Å²) in [6.07, 6.45) is -4.45. The van der Waals surface area contributed by atoms with E-state index < -0.39 is 36.9 Å². The molecule has 0 atom stereocenters. The minimum Gasteiger partial charge on any atom is -0.399 e. The summed E-state index contributed by atoms with van der Waals surface area (Å²) in [6.45, 7) is 8.00. The summed E-state index contributed by atoms with van der Waals surface area (Å²) in [5.41, 5.74) is 0.398. The zero-order valence-electron chi connectivity index (χ0n) is 14.4. The Kier molecular flexibility index (Phi) is 4.76. The number of alkyl halides is 3. The number of halogens is 3. The molecular formula is C16H21BF3NO3. The van der Waals surface area contributed by atoms with Gasteiger partial charge < -0.3 is 14.6 Å². The molecule has 0 unspecified atom stereocenters. The van der Waals surface area contributed by atoms with Gasteiger partial charge in [-0.2, -0.15) is 13.2 Å². The van der Waals surface area contributed by atoms with Gasteiger partial charge in [0.25, 0.3) is 5.91 Å². The van der Waals surface area contributed by atoms with Gasteiger partial charge in [-0.3, -0.25) is 4.79 Å². The van der Waals surface area contributed by atoms with E-state index in [2.05, 4.69) is 0 Å². The molecule has 0 aliphatic carbocycles. The molecule has 2 rings (SSSR count). The number of hydrogen-bond acceptors (Lipinski definition) is 3. The van der Waals surface area contributed by atoms with Crippen LogP contribution in [-0.4, -0.2) is 36.9 Å². The molecule has 0 radical (unpaired) electrons. The van der Waals surface area contributed by atoms with Crippen LogP contribution in [-0.2, 0) is 9.31 Å². The van der Waals surface area contributed by atoms with Gasteiger partial charge in [-0.15, -0.1) is 0 Å². The van der Waals surface area contributed by atoms with Crippen LogP contribution in [0.1, 0.15) is 43.6 Å². The van der Waals surface area contributed by atoms with E-state index in [0.29, 0.717) is 5.46 Å². The van der Waals surface area contributed by atoms with Gasteiger partial charge in [0.2, 0.25) is 0 Å². The van der Waals surface area contributed by atoms with Crippen molar-refractivity contribution in [1.82, 2.24) is 5.32 Å². The van der Waals surface area contributed by atoms with Gasteiger partial charge >= 0.3 is 13.3 Å². The predicted octanol–water partition coefficient (Wildman–Crippen LogP) is 2.59. The monoisotopic (exact) mass is 343 g/mol. The van der Waals surface area contributed by atoms with Gasteiger partial charge in [0.15, 0.2) is 0 Å². The van der Waals surface area contributed by atoms with Gasteiger partial charge in [-0.1, -0.05) is 11.6 Å². The summed E-state index contributed by atoms with van der Waals surface area (Å²) in [5, 5.41) is 1.87. The average Bonchev–Trinajstić information content (AvgIpc) is 2.63. The lowest BCUT2D eigenvalue weighted by atomic mass is 9.77.